The molecule has 0 bridgehead atoms. The molecule has 5 heteroatoms. The van der Waals surface area contributed by atoms with Crippen LogP contribution in [0.1, 0.15) is 54.9 Å². The van der Waals surface area contributed by atoms with Crippen molar-refractivity contribution in [3.63, 3.8) is 0 Å². The van der Waals surface area contributed by atoms with Crippen molar-refractivity contribution in [1.82, 2.24) is 4.90 Å². The van der Waals surface area contributed by atoms with E-state index in [0.29, 0.717) is 30.3 Å². The van der Waals surface area contributed by atoms with Gasteiger partial charge in [-0.25, -0.2) is 0 Å². The van der Waals surface area contributed by atoms with Crippen LogP contribution in [0.5, 0.6) is 11.5 Å². The van der Waals surface area contributed by atoms with Crippen LogP contribution in [-0.2, 0) is 0 Å². The first kappa shape index (κ1) is 19.3. The lowest BCUT2D eigenvalue weighted by Gasteiger charge is -2.24. The first-order valence-corrected chi connectivity index (χ1v) is 9.66. The van der Waals surface area contributed by atoms with Crippen LogP contribution < -0.4 is 9.47 Å². The highest BCUT2D eigenvalue weighted by atomic mass is 32.1. The largest absolute Gasteiger partial charge is 0.490 e. The molecule has 0 fully saturated rings. The minimum atomic E-state index is -0.0238. The van der Waals surface area contributed by atoms with E-state index in [9.17, 15) is 4.79 Å². The molecule has 1 aromatic heterocycles. The van der Waals surface area contributed by atoms with Crippen LogP contribution >= 0.6 is 11.3 Å². The summed E-state index contributed by atoms with van der Waals surface area (Å²) in [4.78, 5) is 15.8. The Labute approximate surface area is 154 Å². The molecule has 1 amide bonds. The highest BCUT2D eigenvalue weighted by Crippen LogP contribution is 2.31. The Hall–Kier alpha value is -2.01. The van der Waals surface area contributed by atoms with Gasteiger partial charge in [0.2, 0.25) is 0 Å². The Morgan fingerprint density at radius 3 is 2.40 bits per heavy atom. The smallest absolute Gasteiger partial charge is 0.254 e. The van der Waals surface area contributed by atoms with Gasteiger partial charge < -0.3 is 14.4 Å². The lowest BCUT2D eigenvalue weighted by Crippen LogP contribution is -2.29. The van der Waals surface area contributed by atoms with E-state index >= 15 is 0 Å². The van der Waals surface area contributed by atoms with E-state index < -0.39 is 0 Å². The van der Waals surface area contributed by atoms with Gasteiger partial charge in [0, 0.05) is 17.5 Å². The van der Waals surface area contributed by atoms with Crippen molar-refractivity contribution in [2.24, 2.45) is 0 Å². The van der Waals surface area contributed by atoms with E-state index in [-0.39, 0.29) is 11.9 Å². The highest BCUT2D eigenvalue weighted by Gasteiger charge is 2.21. The molecule has 4 nitrogen and oxygen atoms in total. The minimum Gasteiger partial charge on any atom is -0.490 e. The van der Waals surface area contributed by atoms with Gasteiger partial charge in [-0.05, 0) is 49.4 Å². The predicted octanol–water partition coefficient (Wildman–Crippen LogP) is 5.16. The molecule has 0 saturated heterocycles. The Morgan fingerprint density at radius 1 is 1.12 bits per heavy atom. The molecule has 136 valence electrons. The molecule has 0 saturated carbocycles. The highest BCUT2D eigenvalue weighted by molar-refractivity contribution is 7.10. The molecular weight excluding hydrogens is 334 g/mol. The van der Waals surface area contributed by atoms with Gasteiger partial charge in [-0.2, -0.15) is 0 Å². The molecular formula is C20H27NO3S. The van der Waals surface area contributed by atoms with Gasteiger partial charge in [-0.15, -0.1) is 11.3 Å². The molecule has 2 aromatic rings. The van der Waals surface area contributed by atoms with Crippen LogP contribution in [-0.4, -0.2) is 31.1 Å². The summed E-state index contributed by atoms with van der Waals surface area (Å²) >= 11 is 1.66. The second-order valence-electron chi connectivity index (χ2n) is 5.97. The zero-order valence-electron chi connectivity index (χ0n) is 15.5. The molecule has 0 aliphatic heterocycles. The average Bonchev–Trinajstić information content (AvgIpc) is 3.17. The van der Waals surface area contributed by atoms with Crippen molar-refractivity contribution in [3.05, 3.63) is 46.2 Å². The van der Waals surface area contributed by atoms with Gasteiger partial charge in [0.05, 0.1) is 19.3 Å². The molecule has 1 aromatic carbocycles. The molecule has 1 atom stereocenters. The Balaban J connectivity index is 2.20. The summed E-state index contributed by atoms with van der Waals surface area (Å²) in [7, 11) is 1.83. The van der Waals surface area contributed by atoms with Crippen LogP contribution in [0.25, 0.3) is 0 Å². The number of carbonyl (C=O) groups is 1. The van der Waals surface area contributed by atoms with Gasteiger partial charge in [-0.3, -0.25) is 4.79 Å². The van der Waals surface area contributed by atoms with Gasteiger partial charge in [-0.1, -0.05) is 19.9 Å². The number of amides is 1. The summed E-state index contributed by atoms with van der Waals surface area (Å²) < 4.78 is 11.5. The molecule has 0 radical (unpaired) electrons. The van der Waals surface area contributed by atoms with Crippen molar-refractivity contribution in [1.29, 1.82) is 0 Å². The van der Waals surface area contributed by atoms with Crippen molar-refractivity contribution >= 4 is 17.2 Å². The van der Waals surface area contributed by atoms with E-state index in [4.69, 9.17) is 9.47 Å². The molecule has 25 heavy (non-hydrogen) atoms. The molecule has 2 rings (SSSR count). The number of benzene rings is 1. The van der Waals surface area contributed by atoms with Crippen molar-refractivity contribution in [2.75, 3.05) is 20.3 Å². The average molecular weight is 362 g/mol. The molecule has 1 heterocycles. The maximum absolute atomic E-state index is 12.9. The first-order chi connectivity index (χ1) is 12.1. The number of rotatable bonds is 9. The summed E-state index contributed by atoms with van der Waals surface area (Å²) in [5.41, 5.74) is 0.612. The second kappa shape index (κ2) is 9.47. The summed E-state index contributed by atoms with van der Waals surface area (Å²) in [6.07, 6.45) is 1.83. The van der Waals surface area contributed by atoms with Crippen LogP contribution in [0, 0.1) is 0 Å². The number of hydrogen-bond donors (Lipinski definition) is 0. The minimum absolute atomic E-state index is 0.0238. The second-order valence-corrected chi connectivity index (χ2v) is 6.95. The molecule has 1 unspecified atom stereocenters. The van der Waals surface area contributed by atoms with Crippen molar-refractivity contribution in [2.45, 2.75) is 39.7 Å². The van der Waals surface area contributed by atoms with Crippen molar-refractivity contribution in [3.8, 4) is 11.5 Å². The Bertz CT molecular complexity index is 670. The van der Waals surface area contributed by atoms with Gasteiger partial charge >= 0.3 is 0 Å². The van der Waals surface area contributed by atoms with E-state index in [1.807, 2.05) is 37.6 Å². The number of thiophene rings is 1. The first-order valence-electron chi connectivity index (χ1n) is 8.78. The maximum Gasteiger partial charge on any atom is 0.254 e. The van der Waals surface area contributed by atoms with Crippen molar-refractivity contribution < 1.29 is 14.3 Å². The topological polar surface area (TPSA) is 38.8 Å². The third-order valence-electron chi connectivity index (χ3n) is 3.97. The van der Waals surface area contributed by atoms with Crippen LogP contribution in [0.3, 0.4) is 0 Å². The fraction of sp³-hybridized carbons (Fsp3) is 0.450. The fourth-order valence-corrected chi connectivity index (χ4v) is 3.22. The maximum atomic E-state index is 12.9. The summed E-state index contributed by atoms with van der Waals surface area (Å²) in [5.74, 6) is 1.31. The zero-order valence-corrected chi connectivity index (χ0v) is 16.3. The molecule has 0 aliphatic carbocycles. The third-order valence-corrected chi connectivity index (χ3v) is 5.01. The number of carbonyl (C=O) groups excluding carboxylic acids is 1. The normalized spacial score (nSPS) is 11.8. The van der Waals surface area contributed by atoms with E-state index in [1.165, 1.54) is 4.88 Å². The number of hydrogen-bond acceptors (Lipinski definition) is 4. The monoisotopic (exact) mass is 361 g/mol. The lowest BCUT2D eigenvalue weighted by atomic mass is 10.1. The molecule has 0 spiro atoms. The Kier molecular flexibility index (Phi) is 7.31. The summed E-state index contributed by atoms with van der Waals surface area (Å²) in [6.45, 7) is 7.38. The number of nitrogens with zero attached hydrogens (tertiary/aromatic N) is 1. The van der Waals surface area contributed by atoms with Crippen LogP contribution in [0.2, 0.25) is 0 Å². The third kappa shape index (κ3) is 4.98. The SMILES string of the molecule is CCCOc1ccc(C(=O)N(C)C(C)c2cccs2)cc1OCCC. The zero-order chi connectivity index (χ0) is 18.2. The molecule has 0 aliphatic rings. The number of ether oxygens (including phenoxy) is 2. The van der Waals surface area contributed by atoms with Crippen LogP contribution in [0.15, 0.2) is 35.7 Å². The summed E-state index contributed by atoms with van der Waals surface area (Å²) in [6, 6.07) is 9.52. The van der Waals surface area contributed by atoms with Gasteiger partial charge in [0.25, 0.3) is 5.91 Å². The molecule has 0 N–H and O–H groups in total. The van der Waals surface area contributed by atoms with E-state index in [1.54, 1.807) is 22.3 Å². The van der Waals surface area contributed by atoms with Gasteiger partial charge in [0.1, 0.15) is 0 Å². The Morgan fingerprint density at radius 2 is 1.80 bits per heavy atom. The lowest BCUT2D eigenvalue weighted by molar-refractivity contribution is 0.0744. The quantitative estimate of drug-likeness (QED) is 0.619. The van der Waals surface area contributed by atoms with Crippen LogP contribution in [0.4, 0.5) is 0 Å². The van der Waals surface area contributed by atoms with E-state index in [2.05, 4.69) is 19.9 Å². The predicted molar refractivity (Wildman–Crippen MR) is 103 cm³/mol. The fourth-order valence-electron chi connectivity index (χ4n) is 2.40. The standard InChI is InChI=1S/C20H27NO3S/c1-5-11-23-17-10-9-16(14-18(17)24-12-6-2)20(22)21(4)15(3)19-8-7-13-25-19/h7-10,13-15H,5-6,11-12H2,1-4H3. The van der Waals surface area contributed by atoms with E-state index in [0.717, 1.165) is 12.8 Å². The summed E-state index contributed by atoms with van der Waals surface area (Å²) in [5, 5.41) is 2.03. The van der Waals surface area contributed by atoms with Gasteiger partial charge in [0.15, 0.2) is 11.5 Å².